The first-order valence-electron chi connectivity index (χ1n) is 6.73. The molecule has 0 saturated carbocycles. The third-order valence-electron chi connectivity index (χ3n) is 3.93. The van der Waals surface area contributed by atoms with E-state index in [0.29, 0.717) is 9.13 Å². The minimum Gasteiger partial charge on any atom is -0.322 e. The second-order valence-corrected chi connectivity index (χ2v) is 6.54. The second kappa shape index (κ2) is 5.46. The number of hydrogen-bond donors (Lipinski definition) is 1. The molecule has 1 aromatic carbocycles. The predicted molar refractivity (Wildman–Crippen MR) is 80.2 cm³/mol. The molecule has 23 heavy (non-hydrogen) atoms. The standard InChI is InChI=1S/C14H10F3IN2O3/c15-14(16,17)6-3-7-8(9(18)4-6)5-20(13(7)23)10-1-2-11(21)19-12(10)22/h3-4,10H,1-2,5H2,(H,19,21,22). The van der Waals surface area contributed by atoms with Crippen LogP contribution in [0.25, 0.3) is 0 Å². The lowest BCUT2D eigenvalue weighted by Gasteiger charge is -2.29. The summed E-state index contributed by atoms with van der Waals surface area (Å²) in [6.45, 7) is 0.0663. The summed E-state index contributed by atoms with van der Waals surface area (Å²) < 4.78 is 39.0. The Morgan fingerprint density at radius 3 is 2.52 bits per heavy atom. The van der Waals surface area contributed by atoms with Gasteiger partial charge in [-0.2, -0.15) is 13.2 Å². The van der Waals surface area contributed by atoms with Crippen LogP contribution in [0.15, 0.2) is 12.1 Å². The predicted octanol–water partition coefficient (Wildman–Crippen LogP) is 2.07. The Labute approximate surface area is 142 Å². The normalized spacial score (nSPS) is 21.5. The van der Waals surface area contributed by atoms with Gasteiger partial charge < -0.3 is 4.90 Å². The van der Waals surface area contributed by atoms with Crippen LogP contribution in [0, 0.1) is 3.57 Å². The van der Waals surface area contributed by atoms with Crippen molar-refractivity contribution in [2.24, 2.45) is 0 Å². The average Bonchev–Trinajstić information content (AvgIpc) is 2.76. The van der Waals surface area contributed by atoms with Crippen molar-refractivity contribution in [3.63, 3.8) is 0 Å². The lowest BCUT2D eigenvalue weighted by atomic mass is 10.0. The van der Waals surface area contributed by atoms with E-state index in [9.17, 15) is 27.6 Å². The van der Waals surface area contributed by atoms with Crippen molar-refractivity contribution in [1.29, 1.82) is 0 Å². The number of nitrogens with one attached hydrogen (secondary N) is 1. The van der Waals surface area contributed by atoms with Crippen LogP contribution < -0.4 is 5.32 Å². The van der Waals surface area contributed by atoms with Crippen molar-refractivity contribution in [3.05, 3.63) is 32.4 Å². The molecule has 2 aliphatic heterocycles. The highest BCUT2D eigenvalue weighted by Crippen LogP contribution is 2.37. The molecule has 2 heterocycles. The molecular formula is C14H10F3IN2O3. The Balaban J connectivity index is 1.95. The van der Waals surface area contributed by atoms with Gasteiger partial charge in [0.05, 0.1) is 5.56 Å². The van der Waals surface area contributed by atoms with E-state index in [2.05, 4.69) is 5.32 Å². The Kier molecular flexibility index (Phi) is 3.85. The van der Waals surface area contributed by atoms with Crippen LogP contribution in [0.5, 0.6) is 0 Å². The maximum atomic E-state index is 12.9. The number of carbonyl (C=O) groups is 3. The van der Waals surface area contributed by atoms with Gasteiger partial charge in [0.15, 0.2) is 0 Å². The van der Waals surface area contributed by atoms with E-state index >= 15 is 0 Å². The topological polar surface area (TPSA) is 66.5 Å². The molecule has 0 spiro atoms. The van der Waals surface area contributed by atoms with Gasteiger partial charge in [0.2, 0.25) is 11.8 Å². The maximum Gasteiger partial charge on any atom is 0.416 e. The molecular weight excluding hydrogens is 428 g/mol. The van der Waals surface area contributed by atoms with Gasteiger partial charge in [0.1, 0.15) is 6.04 Å². The van der Waals surface area contributed by atoms with Gasteiger partial charge >= 0.3 is 6.18 Å². The Morgan fingerprint density at radius 2 is 1.91 bits per heavy atom. The molecule has 1 N–H and O–H groups in total. The van der Waals surface area contributed by atoms with Crippen LogP contribution in [-0.2, 0) is 22.3 Å². The molecule has 9 heteroatoms. The highest BCUT2D eigenvalue weighted by molar-refractivity contribution is 14.1. The van der Waals surface area contributed by atoms with Crippen molar-refractivity contribution in [2.45, 2.75) is 31.6 Å². The van der Waals surface area contributed by atoms with Gasteiger partial charge in [-0.05, 0) is 46.7 Å². The van der Waals surface area contributed by atoms with Gasteiger partial charge in [-0.3, -0.25) is 19.7 Å². The van der Waals surface area contributed by atoms with Crippen LogP contribution >= 0.6 is 22.6 Å². The summed E-state index contributed by atoms with van der Waals surface area (Å²) in [6, 6.07) is 0.976. The smallest absolute Gasteiger partial charge is 0.322 e. The van der Waals surface area contributed by atoms with Crippen LogP contribution in [0.1, 0.15) is 34.3 Å². The zero-order valence-electron chi connectivity index (χ0n) is 11.5. The number of nitrogens with zero attached hydrogens (tertiary/aromatic N) is 1. The van der Waals surface area contributed by atoms with E-state index in [0.717, 1.165) is 12.1 Å². The minimum atomic E-state index is -4.54. The number of alkyl halides is 3. The maximum absolute atomic E-state index is 12.9. The highest BCUT2D eigenvalue weighted by atomic mass is 127. The fourth-order valence-corrected chi connectivity index (χ4v) is 3.58. The Morgan fingerprint density at radius 1 is 1.22 bits per heavy atom. The summed E-state index contributed by atoms with van der Waals surface area (Å²) in [4.78, 5) is 36.7. The third-order valence-corrected chi connectivity index (χ3v) is 4.89. The molecule has 122 valence electrons. The number of fused-ring (bicyclic) bond motifs is 1. The van der Waals surface area contributed by atoms with Crippen LogP contribution in [0.2, 0.25) is 0 Å². The van der Waals surface area contributed by atoms with Crippen molar-refractivity contribution in [3.8, 4) is 0 Å². The van der Waals surface area contributed by atoms with Gasteiger partial charge in [0, 0.05) is 22.1 Å². The van der Waals surface area contributed by atoms with Gasteiger partial charge in [0.25, 0.3) is 5.91 Å². The van der Waals surface area contributed by atoms with Gasteiger partial charge in [-0.25, -0.2) is 0 Å². The molecule has 1 aromatic rings. The Bertz CT molecular complexity index is 733. The summed E-state index contributed by atoms with van der Waals surface area (Å²) in [7, 11) is 0. The number of benzene rings is 1. The molecule has 0 aromatic heterocycles. The first-order valence-corrected chi connectivity index (χ1v) is 7.80. The van der Waals surface area contributed by atoms with E-state index < -0.39 is 35.5 Å². The molecule has 3 amide bonds. The third kappa shape index (κ3) is 2.81. The molecule has 1 atom stereocenters. The van der Waals surface area contributed by atoms with Crippen molar-refractivity contribution >= 4 is 40.3 Å². The molecule has 0 radical (unpaired) electrons. The quantitative estimate of drug-likeness (QED) is 0.540. The van der Waals surface area contributed by atoms with E-state index in [4.69, 9.17) is 0 Å². The number of halogens is 4. The lowest BCUT2D eigenvalue weighted by molar-refractivity contribution is -0.138. The van der Waals surface area contributed by atoms with E-state index in [1.54, 1.807) is 22.6 Å². The second-order valence-electron chi connectivity index (χ2n) is 5.38. The Hall–Kier alpha value is -1.65. The molecule has 1 unspecified atom stereocenters. The van der Waals surface area contributed by atoms with Crippen molar-refractivity contribution < 1.29 is 27.6 Å². The van der Waals surface area contributed by atoms with Crippen LogP contribution in [0.3, 0.4) is 0 Å². The number of amides is 3. The average molecular weight is 438 g/mol. The van der Waals surface area contributed by atoms with Crippen molar-refractivity contribution in [2.75, 3.05) is 0 Å². The van der Waals surface area contributed by atoms with E-state index in [-0.39, 0.29) is 24.9 Å². The molecule has 5 nitrogen and oxygen atoms in total. The summed E-state index contributed by atoms with van der Waals surface area (Å²) in [5, 5.41) is 2.15. The van der Waals surface area contributed by atoms with Gasteiger partial charge in [-0.15, -0.1) is 0 Å². The van der Waals surface area contributed by atoms with Crippen molar-refractivity contribution in [1.82, 2.24) is 10.2 Å². The summed E-state index contributed by atoms with van der Waals surface area (Å²) in [6.07, 6.45) is -4.27. The zero-order valence-corrected chi connectivity index (χ0v) is 13.7. The largest absolute Gasteiger partial charge is 0.416 e. The molecule has 3 rings (SSSR count). The molecule has 0 aliphatic carbocycles. The SMILES string of the molecule is O=C1CCC(N2Cc3c(I)cc(C(F)(F)F)cc3C2=O)C(=O)N1. The first kappa shape index (κ1) is 16.2. The van der Waals surface area contributed by atoms with Gasteiger partial charge in [-0.1, -0.05) is 0 Å². The number of hydrogen-bond acceptors (Lipinski definition) is 3. The number of rotatable bonds is 1. The highest BCUT2D eigenvalue weighted by Gasteiger charge is 2.41. The fourth-order valence-electron chi connectivity index (χ4n) is 2.78. The fraction of sp³-hybridized carbons (Fsp3) is 0.357. The van der Waals surface area contributed by atoms with E-state index in [1.807, 2.05) is 0 Å². The van der Waals surface area contributed by atoms with Crippen LogP contribution in [-0.4, -0.2) is 28.7 Å². The minimum absolute atomic E-state index is 0.0334. The van der Waals surface area contributed by atoms with Crippen LogP contribution in [0.4, 0.5) is 13.2 Å². The molecule has 1 saturated heterocycles. The monoisotopic (exact) mass is 438 g/mol. The first-order chi connectivity index (χ1) is 10.7. The van der Waals surface area contributed by atoms with E-state index in [1.165, 1.54) is 4.90 Å². The summed E-state index contributed by atoms with van der Waals surface area (Å²) >= 11 is 1.76. The lowest BCUT2D eigenvalue weighted by Crippen LogP contribution is -2.52. The number of imide groups is 1. The number of carbonyl (C=O) groups excluding carboxylic acids is 3. The molecule has 2 aliphatic rings. The zero-order chi connectivity index (χ0) is 16.9. The molecule has 0 bridgehead atoms. The molecule has 1 fully saturated rings. The summed E-state index contributed by atoms with van der Waals surface area (Å²) in [5.41, 5.74) is -0.443. The number of piperidine rings is 1. The summed E-state index contributed by atoms with van der Waals surface area (Å²) in [5.74, 6) is -1.61.